The van der Waals surface area contributed by atoms with Crippen LogP contribution < -0.4 is 10.1 Å². The van der Waals surface area contributed by atoms with Crippen LogP contribution in [0.1, 0.15) is 18.9 Å². The van der Waals surface area contributed by atoms with Crippen molar-refractivity contribution in [1.82, 2.24) is 0 Å². The van der Waals surface area contributed by atoms with Crippen LogP contribution in [0.3, 0.4) is 0 Å². The lowest BCUT2D eigenvalue weighted by Crippen LogP contribution is -2.02. The minimum absolute atomic E-state index is 0.593. The van der Waals surface area contributed by atoms with Crippen molar-refractivity contribution in [2.24, 2.45) is 0 Å². The van der Waals surface area contributed by atoms with E-state index in [0.717, 1.165) is 18.7 Å². The van der Waals surface area contributed by atoms with Crippen molar-refractivity contribution >= 4 is 5.69 Å². The molecule has 0 spiro atoms. The summed E-state index contributed by atoms with van der Waals surface area (Å²) < 4.78 is 5.20. The van der Waals surface area contributed by atoms with Crippen LogP contribution in [-0.4, -0.2) is 13.7 Å². The molecule has 82 valence electrons. The maximum Gasteiger partial charge on any atom is 0.143 e. The molecule has 0 radical (unpaired) electrons. The van der Waals surface area contributed by atoms with Crippen LogP contribution in [0.15, 0.2) is 18.2 Å². The predicted molar refractivity (Wildman–Crippen MR) is 64.3 cm³/mol. The van der Waals surface area contributed by atoms with E-state index >= 15 is 0 Å². The molecule has 1 rings (SSSR count). The molecule has 0 atom stereocenters. The molecule has 1 aromatic carbocycles. The Morgan fingerprint density at radius 1 is 1.44 bits per heavy atom. The van der Waals surface area contributed by atoms with Gasteiger partial charge >= 0.3 is 0 Å². The summed E-state index contributed by atoms with van der Waals surface area (Å²) in [5.41, 5.74) is 1.48. The van der Waals surface area contributed by atoms with Crippen molar-refractivity contribution in [1.29, 1.82) is 5.26 Å². The third-order valence-electron chi connectivity index (χ3n) is 2.07. The van der Waals surface area contributed by atoms with Crippen LogP contribution in [0.2, 0.25) is 0 Å². The zero-order valence-corrected chi connectivity index (χ0v) is 9.50. The molecule has 1 aromatic rings. The Balaban J connectivity index is 2.71. The van der Waals surface area contributed by atoms with Crippen molar-refractivity contribution in [2.45, 2.75) is 13.3 Å². The number of nitriles is 1. The van der Waals surface area contributed by atoms with Crippen LogP contribution >= 0.6 is 0 Å². The standard InChI is InChI=1S/C13H14N2O/c1-3-4-5-8-15-12-7-6-11(10-14)9-13(12)16-2/h6-7,9,15H,5,8H2,1-2H3. The monoisotopic (exact) mass is 214 g/mol. The molecular formula is C13H14N2O. The Hall–Kier alpha value is -2.13. The largest absolute Gasteiger partial charge is 0.495 e. The Labute approximate surface area is 96.0 Å². The number of anilines is 1. The quantitative estimate of drug-likeness (QED) is 0.618. The Kier molecular flexibility index (Phi) is 4.76. The second-order valence-corrected chi connectivity index (χ2v) is 3.13. The van der Waals surface area contributed by atoms with Crippen molar-refractivity contribution < 1.29 is 4.74 Å². The number of hydrogen-bond acceptors (Lipinski definition) is 3. The van der Waals surface area contributed by atoms with E-state index in [4.69, 9.17) is 10.00 Å². The van der Waals surface area contributed by atoms with Gasteiger partial charge in [0, 0.05) is 19.0 Å². The number of benzene rings is 1. The summed E-state index contributed by atoms with van der Waals surface area (Å²) >= 11 is 0. The van der Waals surface area contributed by atoms with Gasteiger partial charge in [0.2, 0.25) is 0 Å². The maximum atomic E-state index is 8.75. The highest BCUT2D eigenvalue weighted by Gasteiger charge is 2.02. The van der Waals surface area contributed by atoms with E-state index in [1.165, 1.54) is 0 Å². The number of hydrogen-bond donors (Lipinski definition) is 1. The number of rotatable bonds is 4. The van der Waals surface area contributed by atoms with Crippen LogP contribution in [0.5, 0.6) is 5.75 Å². The van der Waals surface area contributed by atoms with E-state index in [9.17, 15) is 0 Å². The highest BCUT2D eigenvalue weighted by atomic mass is 16.5. The molecule has 3 nitrogen and oxygen atoms in total. The molecule has 0 aliphatic rings. The molecular weight excluding hydrogens is 200 g/mol. The Bertz CT molecular complexity index is 449. The maximum absolute atomic E-state index is 8.75. The van der Waals surface area contributed by atoms with Gasteiger partial charge in [0.05, 0.1) is 24.4 Å². The van der Waals surface area contributed by atoms with Crippen LogP contribution in [0.4, 0.5) is 5.69 Å². The van der Waals surface area contributed by atoms with Gasteiger partial charge in [-0.1, -0.05) is 0 Å². The molecule has 0 bridgehead atoms. The predicted octanol–water partition coefficient (Wildman–Crippen LogP) is 2.39. The summed E-state index contributed by atoms with van der Waals surface area (Å²) in [5.74, 6) is 6.49. The topological polar surface area (TPSA) is 45.0 Å². The molecule has 3 heteroatoms. The Morgan fingerprint density at radius 3 is 2.88 bits per heavy atom. The number of nitrogens with one attached hydrogen (secondary N) is 1. The highest BCUT2D eigenvalue weighted by molar-refractivity contribution is 5.59. The lowest BCUT2D eigenvalue weighted by molar-refractivity contribution is 0.416. The lowest BCUT2D eigenvalue weighted by atomic mass is 10.2. The third kappa shape index (κ3) is 3.22. The van der Waals surface area contributed by atoms with Crippen molar-refractivity contribution in [3.63, 3.8) is 0 Å². The molecule has 0 aliphatic carbocycles. The van der Waals surface area contributed by atoms with Gasteiger partial charge in [0.1, 0.15) is 5.75 Å². The molecule has 0 fully saturated rings. The third-order valence-corrected chi connectivity index (χ3v) is 2.07. The molecule has 0 unspecified atom stereocenters. The van der Waals surface area contributed by atoms with Gasteiger partial charge in [-0.2, -0.15) is 5.26 Å². The summed E-state index contributed by atoms with van der Waals surface area (Å²) in [6.07, 6.45) is 0.791. The van der Waals surface area contributed by atoms with Gasteiger partial charge < -0.3 is 10.1 Å². The van der Waals surface area contributed by atoms with Gasteiger partial charge in [0.15, 0.2) is 0 Å². The average molecular weight is 214 g/mol. The van der Waals surface area contributed by atoms with Crippen molar-refractivity contribution in [3.8, 4) is 23.7 Å². The van der Waals surface area contributed by atoms with Gasteiger partial charge in [-0.15, -0.1) is 11.8 Å². The van der Waals surface area contributed by atoms with Crippen molar-refractivity contribution in [2.75, 3.05) is 19.0 Å². The second-order valence-electron chi connectivity index (χ2n) is 3.13. The minimum Gasteiger partial charge on any atom is -0.495 e. The molecule has 0 heterocycles. The summed E-state index contributed by atoms with van der Waals surface area (Å²) in [4.78, 5) is 0. The minimum atomic E-state index is 0.593. The fourth-order valence-electron chi connectivity index (χ4n) is 1.29. The summed E-state index contributed by atoms with van der Waals surface area (Å²) in [5, 5.41) is 12.0. The molecule has 0 saturated heterocycles. The molecule has 0 aromatic heterocycles. The molecule has 1 N–H and O–H groups in total. The first-order chi connectivity index (χ1) is 7.81. The molecule has 0 saturated carbocycles. The van der Waals surface area contributed by atoms with E-state index in [1.807, 2.05) is 13.0 Å². The first-order valence-corrected chi connectivity index (χ1v) is 5.03. The number of methoxy groups -OCH3 is 1. The van der Waals surface area contributed by atoms with Crippen LogP contribution in [-0.2, 0) is 0 Å². The van der Waals surface area contributed by atoms with Gasteiger partial charge in [-0.05, 0) is 19.1 Å². The van der Waals surface area contributed by atoms with Crippen molar-refractivity contribution in [3.05, 3.63) is 23.8 Å². The van der Waals surface area contributed by atoms with E-state index in [1.54, 1.807) is 19.2 Å². The fraction of sp³-hybridized carbons (Fsp3) is 0.308. The molecule has 0 aliphatic heterocycles. The number of ether oxygens (including phenoxy) is 1. The fourth-order valence-corrected chi connectivity index (χ4v) is 1.29. The van der Waals surface area contributed by atoms with Gasteiger partial charge in [-0.3, -0.25) is 0 Å². The SMILES string of the molecule is CC#CCCNc1ccc(C#N)cc1OC. The molecule has 0 amide bonds. The summed E-state index contributed by atoms with van der Waals surface area (Å²) in [7, 11) is 1.59. The lowest BCUT2D eigenvalue weighted by Gasteiger charge is -2.09. The van der Waals surface area contributed by atoms with E-state index < -0.39 is 0 Å². The first kappa shape index (κ1) is 11.9. The molecule has 16 heavy (non-hydrogen) atoms. The van der Waals surface area contributed by atoms with E-state index in [0.29, 0.717) is 11.3 Å². The van der Waals surface area contributed by atoms with Crippen LogP contribution in [0.25, 0.3) is 0 Å². The summed E-state index contributed by atoms with van der Waals surface area (Å²) in [6.45, 7) is 2.59. The highest BCUT2D eigenvalue weighted by Crippen LogP contribution is 2.24. The van der Waals surface area contributed by atoms with Gasteiger partial charge in [0.25, 0.3) is 0 Å². The second kappa shape index (κ2) is 6.37. The van der Waals surface area contributed by atoms with Crippen LogP contribution in [0, 0.1) is 23.2 Å². The normalized spacial score (nSPS) is 8.56. The zero-order chi connectivity index (χ0) is 11.8. The first-order valence-electron chi connectivity index (χ1n) is 5.03. The number of nitrogens with zero attached hydrogens (tertiary/aromatic N) is 1. The smallest absolute Gasteiger partial charge is 0.143 e. The van der Waals surface area contributed by atoms with E-state index in [-0.39, 0.29) is 0 Å². The Morgan fingerprint density at radius 2 is 2.25 bits per heavy atom. The summed E-state index contributed by atoms with van der Waals surface area (Å²) in [6, 6.07) is 7.40. The van der Waals surface area contributed by atoms with E-state index in [2.05, 4.69) is 23.2 Å². The zero-order valence-electron chi connectivity index (χ0n) is 9.50. The average Bonchev–Trinajstić information content (AvgIpc) is 2.34. The van der Waals surface area contributed by atoms with Gasteiger partial charge in [-0.25, -0.2) is 0 Å².